The summed E-state index contributed by atoms with van der Waals surface area (Å²) in [6.07, 6.45) is 0. The SMILES string of the molecule is CC(Cl)C(=O)c1c(F)cccc1OC(F)F. The lowest BCUT2D eigenvalue weighted by atomic mass is 10.1. The molecule has 6 heteroatoms. The average molecular weight is 253 g/mol. The molecule has 0 aliphatic carbocycles. The number of carbonyl (C=O) groups is 1. The summed E-state index contributed by atoms with van der Waals surface area (Å²) in [6.45, 7) is -1.80. The van der Waals surface area contributed by atoms with Gasteiger partial charge < -0.3 is 4.74 Å². The number of hydrogen-bond acceptors (Lipinski definition) is 2. The summed E-state index contributed by atoms with van der Waals surface area (Å²) >= 11 is 5.48. The first-order chi connectivity index (χ1) is 7.43. The second-order valence-corrected chi connectivity index (χ2v) is 3.63. The average Bonchev–Trinajstić information content (AvgIpc) is 2.16. The molecule has 1 atom stereocenters. The minimum Gasteiger partial charge on any atom is -0.434 e. The molecule has 1 aromatic rings. The van der Waals surface area contributed by atoms with E-state index in [0.717, 1.165) is 12.1 Å². The minimum atomic E-state index is -3.13. The molecule has 0 aliphatic heterocycles. The van der Waals surface area contributed by atoms with Crippen LogP contribution in [0.4, 0.5) is 13.2 Å². The number of carbonyl (C=O) groups excluding carboxylic acids is 1. The van der Waals surface area contributed by atoms with E-state index in [1.807, 2.05) is 0 Å². The first-order valence-corrected chi connectivity index (χ1v) is 4.78. The molecule has 88 valence electrons. The maximum atomic E-state index is 13.3. The highest BCUT2D eigenvalue weighted by molar-refractivity contribution is 6.34. The van der Waals surface area contributed by atoms with Crippen molar-refractivity contribution in [3.05, 3.63) is 29.6 Å². The molecule has 0 fully saturated rings. The van der Waals surface area contributed by atoms with E-state index < -0.39 is 34.9 Å². The van der Waals surface area contributed by atoms with Crippen LogP contribution in [0, 0.1) is 5.82 Å². The highest BCUT2D eigenvalue weighted by Crippen LogP contribution is 2.25. The Labute approximate surface area is 95.0 Å². The molecular formula is C10H8ClF3O2. The number of ether oxygens (including phenoxy) is 1. The zero-order chi connectivity index (χ0) is 12.3. The van der Waals surface area contributed by atoms with Crippen LogP contribution in [-0.4, -0.2) is 17.8 Å². The number of hydrogen-bond donors (Lipinski definition) is 0. The van der Waals surface area contributed by atoms with Crippen molar-refractivity contribution in [2.24, 2.45) is 0 Å². The van der Waals surface area contributed by atoms with Gasteiger partial charge in [-0.05, 0) is 19.1 Å². The summed E-state index contributed by atoms with van der Waals surface area (Å²) < 4.78 is 41.4. The first kappa shape index (κ1) is 12.8. The molecule has 0 saturated carbocycles. The van der Waals surface area contributed by atoms with Gasteiger partial charge in [0.05, 0.1) is 10.9 Å². The van der Waals surface area contributed by atoms with Crippen molar-refractivity contribution in [2.75, 3.05) is 0 Å². The Morgan fingerprint density at radius 2 is 2.06 bits per heavy atom. The molecule has 0 aromatic heterocycles. The van der Waals surface area contributed by atoms with Crippen LogP contribution in [0.1, 0.15) is 17.3 Å². The van der Waals surface area contributed by atoms with E-state index in [1.165, 1.54) is 13.0 Å². The predicted molar refractivity (Wildman–Crippen MR) is 52.7 cm³/mol. The van der Waals surface area contributed by atoms with E-state index in [9.17, 15) is 18.0 Å². The molecule has 0 heterocycles. The van der Waals surface area contributed by atoms with Crippen LogP contribution in [0.3, 0.4) is 0 Å². The highest BCUT2D eigenvalue weighted by Gasteiger charge is 2.23. The molecule has 1 rings (SSSR count). The Kier molecular flexibility index (Phi) is 4.18. The number of ketones is 1. The van der Waals surface area contributed by atoms with Gasteiger partial charge in [-0.25, -0.2) is 4.39 Å². The predicted octanol–water partition coefficient (Wildman–Crippen LogP) is 3.24. The van der Waals surface area contributed by atoms with Crippen molar-refractivity contribution in [1.29, 1.82) is 0 Å². The summed E-state index contributed by atoms with van der Waals surface area (Å²) in [4.78, 5) is 11.5. The largest absolute Gasteiger partial charge is 0.434 e. The third-order valence-electron chi connectivity index (χ3n) is 1.80. The van der Waals surface area contributed by atoms with Crippen molar-refractivity contribution in [1.82, 2.24) is 0 Å². The minimum absolute atomic E-state index is 0.507. The molecule has 0 radical (unpaired) electrons. The van der Waals surface area contributed by atoms with Crippen molar-refractivity contribution in [2.45, 2.75) is 18.9 Å². The van der Waals surface area contributed by atoms with E-state index >= 15 is 0 Å². The van der Waals surface area contributed by atoms with E-state index in [-0.39, 0.29) is 0 Å². The van der Waals surface area contributed by atoms with Crippen LogP contribution in [0.25, 0.3) is 0 Å². The summed E-state index contributed by atoms with van der Waals surface area (Å²) in [5, 5.41) is -1.02. The number of alkyl halides is 3. The number of Topliss-reactive ketones (excluding diaryl/α,β-unsaturated/α-hetero) is 1. The van der Waals surface area contributed by atoms with E-state index in [1.54, 1.807) is 0 Å². The van der Waals surface area contributed by atoms with Crippen molar-refractivity contribution < 1.29 is 22.7 Å². The zero-order valence-corrected chi connectivity index (χ0v) is 8.97. The molecule has 0 N–H and O–H groups in total. The first-order valence-electron chi connectivity index (χ1n) is 4.35. The summed E-state index contributed by atoms with van der Waals surface area (Å²) in [5.41, 5.74) is -0.551. The molecule has 16 heavy (non-hydrogen) atoms. The quantitative estimate of drug-likeness (QED) is 0.607. The smallest absolute Gasteiger partial charge is 0.387 e. The Hall–Kier alpha value is -1.23. The van der Waals surface area contributed by atoms with Crippen LogP contribution in [-0.2, 0) is 0 Å². The number of rotatable bonds is 4. The molecule has 0 spiro atoms. The standard InChI is InChI=1S/C10H8ClF3O2/c1-5(11)9(15)8-6(12)3-2-4-7(8)16-10(13)14/h2-5,10H,1H3. The van der Waals surface area contributed by atoms with E-state index in [0.29, 0.717) is 0 Å². The molecule has 2 nitrogen and oxygen atoms in total. The van der Waals surface area contributed by atoms with Gasteiger partial charge >= 0.3 is 6.61 Å². The Bertz CT molecular complexity index is 394. The van der Waals surface area contributed by atoms with Crippen LogP contribution in [0.2, 0.25) is 0 Å². The maximum absolute atomic E-state index is 13.3. The van der Waals surface area contributed by atoms with E-state index in [4.69, 9.17) is 11.6 Å². The van der Waals surface area contributed by atoms with Gasteiger partial charge in [0.1, 0.15) is 11.6 Å². The second-order valence-electron chi connectivity index (χ2n) is 2.97. The van der Waals surface area contributed by atoms with E-state index in [2.05, 4.69) is 4.74 Å². The fourth-order valence-electron chi connectivity index (χ4n) is 1.14. The van der Waals surface area contributed by atoms with Gasteiger partial charge in [-0.2, -0.15) is 8.78 Å². The van der Waals surface area contributed by atoms with Crippen LogP contribution >= 0.6 is 11.6 Å². The Balaban J connectivity index is 3.18. The van der Waals surface area contributed by atoms with Crippen molar-refractivity contribution in [3.63, 3.8) is 0 Å². The second kappa shape index (κ2) is 5.21. The molecule has 0 aliphatic rings. The monoisotopic (exact) mass is 252 g/mol. The van der Waals surface area contributed by atoms with Crippen LogP contribution in [0.15, 0.2) is 18.2 Å². The highest BCUT2D eigenvalue weighted by atomic mass is 35.5. The third-order valence-corrected chi connectivity index (χ3v) is 2.00. The lowest BCUT2D eigenvalue weighted by Crippen LogP contribution is -2.16. The Morgan fingerprint density at radius 1 is 1.44 bits per heavy atom. The number of benzene rings is 1. The number of halogens is 4. The molecule has 0 saturated heterocycles. The van der Waals surface area contributed by atoms with Gasteiger partial charge in [-0.1, -0.05) is 6.07 Å². The third kappa shape index (κ3) is 2.88. The lowest BCUT2D eigenvalue weighted by molar-refractivity contribution is -0.0503. The van der Waals surface area contributed by atoms with Gasteiger partial charge in [0.15, 0.2) is 5.78 Å². The zero-order valence-electron chi connectivity index (χ0n) is 8.22. The molecule has 1 unspecified atom stereocenters. The summed E-state index contributed by atoms with van der Waals surface area (Å²) in [6, 6.07) is 3.23. The van der Waals surface area contributed by atoms with Gasteiger partial charge in [0, 0.05) is 0 Å². The van der Waals surface area contributed by atoms with Gasteiger partial charge in [0.25, 0.3) is 0 Å². The summed E-state index contributed by atoms with van der Waals surface area (Å²) in [5.74, 6) is -2.24. The van der Waals surface area contributed by atoms with Crippen LogP contribution in [0.5, 0.6) is 5.75 Å². The van der Waals surface area contributed by atoms with Gasteiger partial charge in [-0.15, -0.1) is 11.6 Å². The van der Waals surface area contributed by atoms with Crippen molar-refractivity contribution in [3.8, 4) is 5.75 Å². The van der Waals surface area contributed by atoms with Gasteiger partial charge in [-0.3, -0.25) is 4.79 Å². The molecule has 1 aromatic carbocycles. The Morgan fingerprint density at radius 3 is 2.56 bits per heavy atom. The maximum Gasteiger partial charge on any atom is 0.387 e. The molecular weight excluding hydrogens is 245 g/mol. The fourth-order valence-corrected chi connectivity index (χ4v) is 1.25. The van der Waals surface area contributed by atoms with Crippen LogP contribution < -0.4 is 4.74 Å². The fraction of sp³-hybridized carbons (Fsp3) is 0.300. The molecule has 0 amide bonds. The normalized spacial score (nSPS) is 12.6. The van der Waals surface area contributed by atoms with Gasteiger partial charge in [0.2, 0.25) is 0 Å². The van der Waals surface area contributed by atoms with Crippen molar-refractivity contribution >= 4 is 17.4 Å². The lowest BCUT2D eigenvalue weighted by Gasteiger charge is -2.11. The topological polar surface area (TPSA) is 26.3 Å². The summed E-state index contributed by atoms with van der Waals surface area (Å²) in [7, 11) is 0. The molecule has 0 bridgehead atoms.